The molecule has 5 nitrogen and oxygen atoms in total. The lowest BCUT2D eigenvalue weighted by Gasteiger charge is -2.20. The fraction of sp³-hybridized carbons (Fsp3) is 0.409. The number of aliphatic hydroxyl groups excluding tert-OH is 1. The molecule has 1 amide bonds. The van der Waals surface area contributed by atoms with Crippen LogP contribution in [-0.2, 0) is 0 Å². The van der Waals surface area contributed by atoms with Gasteiger partial charge >= 0.3 is 0 Å². The van der Waals surface area contributed by atoms with Crippen molar-refractivity contribution in [3.8, 4) is 16.9 Å². The molecule has 0 aliphatic carbocycles. The van der Waals surface area contributed by atoms with Gasteiger partial charge < -0.3 is 19.6 Å². The molecule has 1 aliphatic rings. The Morgan fingerprint density at radius 2 is 1.78 bits per heavy atom. The third kappa shape index (κ3) is 4.31. The van der Waals surface area contributed by atoms with E-state index in [4.69, 9.17) is 4.74 Å². The lowest BCUT2D eigenvalue weighted by Crippen LogP contribution is -2.30. The summed E-state index contributed by atoms with van der Waals surface area (Å²) in [4.78, 5) is 16.9. The minimum absolute atomic E-state index is 0.0290. The molecule has 1 aliphatic heterocycles. The van der Waals surface area contributed by atoms with E-state index in [1.807, 2.05) is 67.5 Å². The van der Waals surface area contributed by atoms with Gasteiger partial charge in [0.2, 0.25) is 0 Å². The van der Waals surface area contributed by atoms with Crippen molar-refractivity contribution in [3.05, 3.63) is 54.1 Å². The van der Waals surface area contributed by atoms with Crippen molar-refractivity contribution < 1.29 is 14.6 Å². The van der Waals surface area contributed by atoms with E-state index in [-0.39, 0.29) is 18.4 Å². The van der Waals surface area contributed by atoms with Gasteiger partial charge in [-0.05, 0) is 43.8 Å². The first-order chi connectivity index (χ1) is 13.0. The van der Waals surface area contributed by atoms with E-state index in [1.165, 1.54) is 0 Å². The van der Waals surface area contributed by atoms with Crippen LogP contribution in [0, 0.1) is 11.8 Å². The Labute approximate surface area is 161 Å². The first-order valence-corrected chi connectivity index (χ1v) is 9.31. The zero-order valence-electron chi connectivity index (χ0n) is 16.3. The Hall–Kier alpha value is -2.37. The Bertz CT molecular complexity index is 773. The van der Waals surface area contributed by atoms with Crippen molar-refractivity contribution in [2.75, 3.05) is 47.4 Å². The highest BCUT2D eigenvalue weighted by Crippen LogP contribution is 2.30. The van der Waals surface area contributed by atoms with Crippen molar-refractivity contribution >= 4 is 5.91 Å². The van der Waals surface area contributed by atoms with Gasteiger partial charge in [-0.25, -0.2) is 0 Å². The van der Waals surface area contributed by atoms with Crippen LogP contribution in [0.25, 0.3) is 11.1 Å². The Kier molecular flexibility index (Phi) is 6.14. The van der Waals surface area contributed by atoms with Gasteiger partial charge in [-0.15, -0.1) is 0 Å². The molecule has 0 saturated carbocycles. The second kappa shape index (κ2) is 8.55. The van der Waals surface area contributed by atoms with Gasteiger partial charge in [-0.1, -0.05) is 30.3 Å². The molecule has 2 aromatic carbocycles. The van der Waals surface area contributed by atoms with Crippen LogP contribution >= 0.6 is 0 Å². The summed E-state index contributed by atoms with van der Waals surface area (Å²) in [6.07, 6.45) is 0. The summed E-state index contributed by atoms with van der Waals surface area (Å²) in [7, 11) is 5.71. The molecule has 1 saturated heterocycles. The molecule has 0 radical (unpaired) electrons. The first kappa shape index (κ1) is 19.4. The predicted molar refractivity (Wildman–Crippen MR) is 107 cm³/mol. The monoisotopic (exact) mass is 368 g/mol. The minimum Gasteiger partial charge on any atom is -0.496 e. The number of nitrogens with zero attached hydrogens (tertiary/aromatic N) is 2. The van der Waals surface area contributed by atoms with Gasteiger partial charge in [0.25, 0.3) is 5.91 Å². The average molecular weight is 368 g/mol. The quantitative estimate of drug-likeness (QED) is 0.852. The third-order valence-electron chi connectivity index (χ3n) is 5.25. The van der Waals surface area contributed by atoms with Gasteiger partial charge in [0.1, 0.15) is 5.75 Å². The van der Waals surface area contributed by atoms with Crippen LogP contribution in [0.3, 0.4) is 0 Å². The molecule has 144 valence electrons. The van der Waals surface area contributed by atoms with Gasteiger partial charge in [0, 0.05) is 43.3 Å². The maximum absolute atomic E-state index is 12.9. The standard InChI is InChI=1S/C22H28N2O3/c1-23(2)12-18-13-24(14-19(18)15-25)22(26)17-10-8-16(9-11-17)20-6-4-5-7-21(20)27-3/h4-11,18-19,25H,12-15H2,1-3H3/t18-,19-/m1/s1. The van der Waals surface area contributed by atoms with Crippen LogP contribution in [-0.4, -0.2) is 68.3 Å². The van der Waals surface area contributed by atoms with Crippen LogP contribution in [0.15, 0.2) is 48.5 Å². The summed E-state index contributed by atoms with van der Waals surface area (Å²) in [5, 5.41) is 9.66. The van der Waals surface area contributed by atoms with Crippen LogP contribution in [0.5, 0.6) is 5.75 Å². The fourth-order valence-corrected chi connectivity index (χ4v) is 3.85. The van der Waals surface area contributed by atoms with E-state index in [9.17, 15) is 9.90 Å². The zero-order valence-corrected chi connectivity index (χ0v) is 16.3. The zero-order chi connectivity index (χ0) is 19.4. The predicted octanol–water partition coefficient (Wildman–Crippen LogP) is 2.60. The summed E-state index contributed by atoms with van der Waals surface area (Å²) >= 11 is 0. The number of hydrogen-bond acceptors (Lipinski definition) is 4. The Balaban J connectivity index is 1.74. The van der Waals surface area contributed by atoms with Crippen LogP contribution in [0.2, 0.25) is 0 Å². The number of methoxy groups -OCH3 is 1. The summed E-state index contributed by atoms with van der Waals surface area (Å²) in [5.41, 5.74) is 2.70. The second-order valence-corrected chi connectivity index (χ2v) is 7.45. The number of likely N-dealkylation sites (tertiary alicyclic amines) is 1. The number of hydrogen-bond donors (Lipinski definition) is 1. The number of para-hydroxylation sites is 1. The number of benzene rings is 2. The van der Waals surface area contributed by atoms with Crippen molar-refractivity contribution in [3.63, 3.8) is 0 Å². The number of ether oxygens (including phenoxy) is 1. The molecule has 1 fully saturated rings. The molecule has 0 spiro atoms. The fourth-order valence-electron chi connectivity index (χ4n) is 3.85. The van der Waals surface area contributed by atoms with Gasteiger partial charge in [0.05, 0.1) is 7.11 Å². The van der Waals surface area contributed by atoms with Crippen LogP contribution in [0.1, 0.15) is 10.4 Å². The number of aliphatic hydroxyl groups is 1. The number of amides is 1. The van der Waals surface area contributed by atoms with Gasteiger partial charge in [-0.2, -0.15) is 0 Å². The van der Waals surface area contributed by atoms with Crippen molar-refractivity contribution in [2.24, 2.45) is 11.8 Å². The van der Waals surface area contributed by atoms with E-state index in [2.05, 4.69) is 4.90 Å². The molecule has 27 heavy (non-hydrogen) atoms. The molecule has 5 heteroatoms. The molecule has 2 aromatic rings. The number of carbonyl (C=O) groups excluding carboxylic acids is 1. The SMILES string of the molecule is COc1ccccc1-c1ccc(C(=O)N2C[C@@H](CN(C)C)[C@@H](CO)C2)cc1. The van der Waals surface area contributed by atoms with Gasteiger partial charge in [-0.3, -0.25) is 4.79 Å². The Morgan fingerprint density at radius 3 is 2.41 bits per heavy atom. The average Bonchev–Trinajstić information content (AvgIpc) is 3.09. The maximum atomic E-state index is 12.9. The summed E-state index contributed by atoms with van der Waals surface area (Å²) in [6, 6.07) is 15.5. The third-order valence-corrected chi connectivity index (χ3v) is 5.25. The number of rotatable bonds is 6. The maximum Gasteiger partial charge on any atom is 0.253 e. The lowest BCUT2D eigenvalue weighted by atomic mass is 9.97. The van der Waals surface area contributed by atoms with Crippen molar-refractivity contribution in [2.45, 2.75) is 0 Å². The summed E-state index contributed by atoms with van der Waals surface area (Å²) in [6.45, 7) is 2.30. The molecule has 0 unspecified atom stereocenters. The normalized spacial score (nSPS) is 19.5. The molecule has 1 N–H and O–H groups in total. The molecule has 2 atom stereocenters. The Morgan fingerprint density at radius 1 is 1.11 bits per heavy atom. The van der Waals surface area contributed by atoms with Crippen LogP contribution < -0.4 is 4.74 Å². The molecular formula is C22H28N2O3. The molecule has 1 heterocycles. The highest BCUT2D eigenvalue weighted by atomic mass is 16.5. The second-order valence-electron chi connectivity index (χ2n) is 7.45. The largest absolute Gasteiger partial charge is 0.496 e. The first-order valence-electron chi connectivity index (χ1n) is 9.31. The molecule has 0 bridgehead atoms. The smallest absolute Gasteiger partial charge is 0.253 e. The summed E-state index contributed by atoms with van der Waals surface area (Å²) in [5.74, 6) is 1.29. The van der Waals surface area contributed by atoms with E-state index >= 15 is 0 Å². The topological polar surface area (TPSA) is 53.0 Å². The van der Waals surface area contributed by atoms with E-state index in [1.54, 1.807) is 7.11 Å². The summed E-state index contributed by atoms with van der Waals surface area (Å²) < 4.78 is 5.42. The van der Waals surface area contributed by atoms with Crippen LogP contribution in [0.4, 0.5) is 0 Å². The van der Waals surface area contributed by atoms with E-state index in [0.717, 1.165) is 23.4 Å². The minimum atomic E-state index is 0.0290. The van der Waals surface area contributed by atoms with E-state index < -0.39 is 0 Å². The van der Waals surface area contributed by atoms with Crippen molar-refractivity contribution in [1.29, 1.82) is 0 Å². The highest BCUT2D eigenvalue weighted by molar-refractivity contribution is 5.95. The van der Waals surface area contributed by atoms with E-state index in [0.29, 0.717) is 24.6 Å². The molecule has 0 aromatic heterocycles. The lowest BCUT2D eigenvalue weighted by molar-refractivity contribution is 0.0779. The van der Waals surface area contributed by atoms with Crippen molar-refractivity contribution in [1.82, 2.24) is 9.80 Å². The highest BCUT2D eigenvalue weighted by Gasteiger charge is 2.35. The molecular weight excluding hydrogens is 340 g/mol. The molecule has 3 rings (SSSR count). The number of carbonyl (C=O) groups is 1. The van der Waals surface area contributed by atoms with Gasteiger partial charge in [0.15, 0.2) is 0 Å².